The van der Waals surface area contributed by atoms with Gasteiger partial charge < -0.3 is 15.2 Å². The van der Waals surface area contributed by atoms with Crippen LogP contribution in [0.2, 0.25) is 0 Å². The Kier molecular flexibility index (Phi) is 6.15. The second kappa shape index (κ2) is 8.55. The first-order valence-corrected chi connectivity index (χ1v) is 9.96. The number of fused-ring (bicyclic) bond motifs is 1. The van der Waals surface area contributed by atoms with Crippen LogP contribution in [0.1, 0.15) is 47.3 Å². The minimum absolute atomic E-state index is 0.0407. The SMILES string of the molecule is COc1cccc(C(C)CC(=O)Nc2sc3c(c2C#N)CCC(CO)C3)c1. The van der Waals surface area contributed by atoms with Crippen LogP contribution in [0.4, 0.5) is 5.00 Å². The van der Waals surface area contributed by atoms with Crippen LogP contribution in [0, 0.1) is 17.2 Å². The number of carbonyl (C=O) groups is 1. The fourth-order valence-electron chi connectivity index (χ4n) is 3.54. The highest BCUT2D eigenvalue weighted by molar-refractivity contribution is 7.16. The first-order chi connectivity index (χ1) is 13.0. The Bertz CT molecular complexity index is 869. The third kappa shape index (κ3) is 4.32. The summed E-state index contributed by atoms with van der Waals surface area (Å²) >= 11 is 1.48. The average molecular weight is 385 g/mol. The Labute approximate surface area is 163 Å². The number of hydrogen-bond acceptors (Lipinski definition) is 5. The molecule has 2 aromatic rings. The van der Waals surface area contributed by atoms with E-state index in [0.717, 1.165) is 41.0 Å². The van der Waals surface area contributed by atoms with Crippen molar-refractivity contribution in [2.75, 3.05) is 19.0 Å². The van der Waals surface area contributed by atoms with Crippen molar-refractivity contribution in [3.63, 3.8) is 0 Å². The molecule has 6 heteroatoms. The number of ether oxygens (including phenoxy) is 1. The van der Waals surface area contributed by atoms with E-state index in [1.165, 1.54) is 11.3 Å². The molecular formula is C21H24N2O3S. The molecule has 1 amide bonds. The molecule has 5 nitrogen and oxygen atoms in total. The van der Waals surface area contributed by atoms with Gasteiger partial charge in [0, 0.05) is 17.9 Å². The minimum atomic E-state index is -0.0980. The molecule has 0 saturated heterocycles. The number of nitrogens with one attached hydrogen (secondary N) is 1. The molecular weight excluding hydrogens is 360 g/mol. The maximum absolute atomic E-state index is 12.6. The zero-order valence-corrected chi connectivity index (χ0v) is 16.4. The number of anilines is 1. The first-order valence-electron chi connectivity index (χ1n) is 9.15. The molecule has 1 aliphatic carbocycles. The largest absolute Gasteiger partial charge is 0.497 e. The highest BCUT2D eigenvalue weighted by Gasteiger charge is 2.26. The van der Waals surface area contributed by atoms with E-state index in [2.05, 4.69) is 11.4 Å². The van der Waals surface area contributed by atoms with Crippen LogP contribution in [0.25, 0.3) is 0 Å². The van der Waals surface area contributed by atoms with Crippen molar-refractivity contribution in [3.8, 4) is 11.8 Å². The average Bonchev–Trinajstić information content (AvgIpc) is 3.03. The van der Waals surface area contributed by atoms with E-state index in [4.69, 9.17) is 4.74 Å². The molecule has 0 spiro atoms. The predicted molar refractivity (Wildman–Crippen MR) is 106 cm³/mol. The molecule has 0 fully saturated rings. The summed E-state index contributed by atoms with van der Waals surface area (Å²) in [5.41, 5.74) is 2.68. The van der Waals surface area contributed by atoms with Crippen molar-refractivity contribution in [1.29, 1.82) is 5.26 Å². The summed E-state index contributed by atoms with van der Waals surface area (Å²) in [4.78, 5) is 13.7. The second-order valence-electron chi connectivity index (χ2n) is 7.04. The van der Waals surface area contributed by atoms with Crippen molar-refractivity contribution >= 4 is 22.2 Å². The number of amides is 1. The van der Waals surface area contributed by atoms with Crippen LogP contribution in [0.3, 0.4) is 0 Å². The van der Waals surface area contributed by atoms with Gasteiger partial charge in [0.15, 0.2) is 0 Å². The first kappa shape index (κ1) is 19.4. The molecule has 3 rings (SSSR count). The van der Waals surface area contributed by atoms with E-state index in [1.807, 2.05) is 31.2 Å². The van der Waals surface area contributed by atoms with Crippen molar-refractivity contribution < 1.29 is 14.6 Å². The number of aliphatic hydroxyl groups excluding tert-OH is 1. The summed E-state index contributed by atoms with van der Waals surface area (Å²) in [6.07, 6.45) is 2.78. The Morgan fingerprint density at radius 1 is 1.52 bits per heavy atom. The van der Waals surface area contributed by atoms with Crippen molar-refractivity contribution in [2.45, 2.75) is 38.5 Å². The molecule has 1 aliphatic rings. The van der Waals surface area contributed by atoms with Gasteiger partial charge in [-0.05, 0) is 54.4 Å². The van der Waals surface area contributed by atoms with Crippen molar-refractivity contribution in [3.05, 3.63) is 45.8 Å². The Morgan fingerprint density at radius 3 is 3.04 bits per heavy atom. The number of aliphatic hydroxyl groups is 1. The van der Waals surface area contributed by atoms with E-state index < -0.39 is 0 Å². The molecule has 142 valence electrons. The normalized spacial score (nSPS) is 16.9. The van der Waals surface area contributed by atoms with Crippen LogP contribution >= 0.6 is 11.3 Å². The summed E-state index contributed by atoms with van der Waals surface area (Å²) < 4.78 is 5.25. The summed E-state index contributed by atoms with van der Waals surface area (Å²) in [5.74, 6) is 0.966. The number of carbonyl (C=O) groups excluding carboxylic acids is 1. The molecule has 1 aromatic carbocycles. The Morgan fingerprint density at radius 2 is 2.33 bits per heavy atom. The zero-order chi connectivity index (χ0) is 19.4. The lowest BCUT2D eigenvalue weighted by Gasteiger charge is -2.19. The van der Waals surface area contributed by atoms with E-state index in [0.29, 0.717) is 17.0 Å². The standard InChI is InChI=1S/C21H24N2O3S/c1-13(15-4-3-5-16(10-15)26-2)8-20(25)23-21-18(11-22)17-7-6-14(12-24)9-19(17)27-21/h3-5,10,13-14,24H,6-9,12H2,1-2H3,(H,23,25). The van der Waals surface area contributed by atoms with Crippen LogP contribution in [0.15, 0.2) is 24.3 Å². The van der Waals surface area contributed by atoms with Crippen molar-refractivity contribution in [2.24, 2.45) is 5.92 Å². The number of benzene rings is 1. The van der Waals surface area contributed by atoms with E-state index in [1.54, 1.807) is 7.11 Å². The Hall–Kier alpha value is -2.36. The molecule has 0 bridgehead atoms. The van der Waals surface area contributed by atoms with Crippen LogP contribution in [-0.4, -0.2) is 24.7 Å². The molecule has 1 heterocycles. The summed E-state index contributed by atoms with van der Waals surface area (Å²) in [6.45, 7) is 2.17. The van der Waals surface area contributed by atoms with Gasteiger partial charge in [0.2, 0.25) is 5.91 Å². The van der Waals surface area contributed by atoms with Gasteiger partial charge in [0.05, 0.1) is 12.7 Å². The third-order valence-corrected chi connectivity index (χ3v) is 6.31. The quantitative estimate of drug-likeness (QED) is 0.792. The van der Waals surface area contributed by atoms with Gasteiger partial charge in [-0.2, -0.15) is 5.26 Å². The van der Waals surface area contributed by atoms with E-state index in [-0.39, 0.29) is 24.3 Å². The topological polar surface area (TPSA) is 82.3 Å². The molecule has 0 radical (unpaired) electrons. The maximum atomic E-state index is 12.6. The highest BCUT2D eigenvalue weighted by atomic mass is 32.1. The lowest BCUT2D eigenvalue weighted by Crippen LogP contribution is -2.16. The van der Waals surface area contributed by atoms with Crippen molar-refractivity contribution in [1.82, 2.24) is 0 Å². The fourth-order valence-corrected chi connectivity index (χ4v) is 4.87. The van der Waals surface area contributed by atoms with Crippen LogP contribution in [0.5, 0.6) is 5.75 Å². The predicted octanol–water partition coefficient (Wildman–Crippen LogP) is 3.86. The summed E-state index contributed by atoms with van der Waals surface area (Å²) in [5, 5.41) is 22.5. The number of methoxy groups -OCH3 is 1. The number of rotatable bonds is 6. The van der Waals surface area contributed by atoms with Gasteiger partial charge >= 0.3 is 0 Å². The molecule has 1 aromatic heterocycles. The van der Waals surface area contributed by atoms with Crippen LogP contribution in [-0.2, 0) is 17.6 Å². The third-order valence-electron chi connectivity index (χ3n) is 5.14. The smallest absolute Gasteiger partial charge is 0.225 e. The summed E-state index contributed by atoms with van der Waals surface area (Å²) in [6, 6.07) is 9.99. The highest BCUT2D eigenvalue weighted by Crippen LogP contribution is 2.39. The number of hydrogen-bond donors (Lipinski definition) is 2. The molecule has 0 saturated carbocycles. The minimum Gasteiger partial charge on any atom is -0.497 e. The molecule has 0 aliphatic heterocycles. The van der Waals surface area contributed by atoms with Gasteiger partial charge in [0.25, 0.3) is 0 Å². The van der Waals surface area contributed by atoms with Gasteiger partial charge in [0.1, 0.15) is 16.8 Å². The molecule has 27 heavy (non-hydrogen) atoms. The maximum Gasteiger partial charge on any atom is 0.225 e. The second-order valence-corrected chi connectivity index (χ2v) is 8.15. The zero-order valence-electron chi connectivity index (χ0n) is 15.6. The molecule has 2 unspecified atom stereocenters. The van der Waals surface area contributed by atoms with E-state index >= 15 is 0 Å². The van der Waals surface area contributed by atoms with Crippen LogP contribution < -0.4 is 10.1 Å². The van der Waals surface area contributed by atoms with Gasteiger partial charge in [-0.25, -0.2) is 0 Å². The monoisotopic (exact) mass is 384 g/mol. The molecule has 2 atom stereocenters. The number of nitriles is 1. The Balaban J connectivity index is 1.71. The lowest BCUT2D eigenvalue weighted by atomic mass is 9.88. The van der Waals surface area contributed by atoms with Gasteiger partial charge in [-0.15, -0.1) is 11.3 Å². The fraction of sp³-hybridized carbons (Fsp3) is 0.429. The van der Waals surface area contributed by atoms with Gasteiger partial charge in [-0.1, -0.05) is 19.1 Å². The number of nitrogens with zero attached hydrogens (tertiary/aromatic N) is 1. The van der Waals surface area contributed by atoms with E-state index in [9.17, 15) is 15.2 Å². The number of thiophene rings is 1. The molecule has 2 N–H and O–H groups in total. The summed E-state index contributed by atoms with van der Waals surface area (Å²) in [7, 11) is 1.62. The lowest BCUT2D eigenvalue weighted by molar-refractivity contribution is -0.116. The van der Waals surface area contributed by atoms with Gasteiger partial charge in [-0.3, -0.25) is 4.79 Å².